The van der Waals surface area contributed by atoms with Gasteiger partial charge < -0.3 is 25.6 Å². The summed E-state index contributed by atoms with van der Waals surface area (Å²) in [6.45, 7) is 2.55. The van der Waals surface area contributed by atoms with Crippen molar-refractivity contribution < 1.29 is 24.5 Å². The largest absolute Gasteiger partial charge is 0.494 e. The van der Waals surface area contributed by atoms with Gasteiger partial charge in [0.15, 0.2) is 5.60 Å². The number of nitrogens with zero attached hydrogens (tertiary/aromatic N) is 1. The van der Waals surface area contributed by atoms with E-state index in [4.69, 9.17) is 9.84 Å². The van der Waals surface area contributed by atoms with Crippen LogP contribution < -0.4 is 15.4 Å². The second kappa shape index (κ2) is 6.39. The summed E-state index contributed by atoms with van der Waals surface area (Å²) in [4.78, 5) is 27.0. The van der Waals surface area contributed by atoms with E-state index in [2.05, 4.69) is 15.6 Å². The van der Waals surface area contributed by atoms with Gasteiger partial charge >= 0.3 is 12.0 Å². The van der Waals surface area contributed by atoms with Crippen molar-refractivity contribution in [1.29, 1.82) is 0 Å². The van der Waals surface area contributed by atoms with Crippen molar-refractivity contribution in [3.8, 4) is 5.75 Å². The molecule has 0 spiro atoms. The zero-order valence-corrected chi connectivity index (χ0v) is 13.7. The Kier molecular flexibility index (Phi) is 4.71. The van der Waals surface area contributed by atoms with Gasteiger partial charge in [-0.15, -0.1) is 11.3 Å². The van der Waals surface area contributed by atoms with Gasteiger partial charge in [0.25, 0.3) is 0 Å². The van der Waals surface area contributed by atoms with E-state index in [9.17, 15) is 14.7 Å². The van der Waals surface area contributed by atoms with Gasteiger partial charge in [-0.3, -0.25) is 0 Å². The number of rotatable bonds is 5. The quantitative estimate of drug-likeness (QED) is 0.656. The normalized spacial score (nSPS) is 13.4. The first kappa shape index (κ1) is 17.0. The van der Waals surface area contributed by atoms with E-state index in [1.54, 1.807) is 12.1 Å². The number of aliphatic hydroxyl groups is 1. The molecular weight excluding hydrogens is 322 g/mol. The summed E-state index contributed by atoms with van der Waals surface area (Å²) >= 11 is 1.48. The molecule has 0 aliphatic rings. The highest BCUT2D eigenvalue weighted by Gasteiger charge is 2.30. The van der Waals surface area contributed by atoms with Crippen LogP contribution in [0.2, 0.25) is 0 Å². The third-order valence-corrected chi connectivity index (χ3v) is 4.05. The fourth-order valence-corrected chi connectivity index (χ4v) is 2.68. The van der Waals surface area contributed by atoms with Gasteiger partial charge in [-0.1, -0.05) is 0 Å². The first-order valence-corrected chi connectivity index (χ1v) is 7.50. The Morgan fingerprint density at radius 3 is 2.74 bits per heavy atom. The molecule has 0 saturated carbocycles. The monoisotopic (exact) mass is 339 g/mol. The number of carboxylic acids is 1. The molecule has 0 aliphatic carbocycles. The lowest BCUT2D eigenvalue weighted by Crippen LogP contribution is -2.47. The molecule has 0 aliphatic heterocycles. The number of hydrogen-bond acceptors (Lipinski definition) is 6. The number of fused-ring (bicyclic) bond motifs is 1. The molecule has 124 valence electrons. The molecule has 1 aromatic carbocycles. The molecule has 1 aromatic heterocycles. The molecule has 0 bridgehead atoms. The number of aryl methyl sites for hydroxylation is 1. The average molecular weight is 339 g/mol. The number of carbonyl (C=O) groups is 2. The second-order valence-electron chi connectivity index (χ2n) is 5.14. The van der Waals surface area contributed by atoms with Gasteiger partial charge in [0.05, 0.1) is 34.6 Å². The summed E-state index contributed by atoms with van der Waals surface area (Å²) in [7, 11) is 1.47. The van der Waals surface area contributed by atoms with E-state index < -0.39 is 24.1 Å². The number of hydrogen-bond donors (Lipinski definition) is 4. The minimum absolute atomic E-state index is 0.427. The number of thiazole rings is 1. The van der Waals surface area contributed by atoms with Crippen LogP contribution in [0, 0.1) is 6.92 Å². The Labute approximate surface area is 136 Å². The minimum atomic E-state index is -2.04. The van der Waals surface area contributed by atoms with Crippen molar-refractivity contribution in [3.05, 3.63) is 17.1 Å². The number of anilines is 1. The zero-order valence-electron chi connectivity index (χ0n) is 12.8. The van der Waals surface area contributed by atoms with E-state index in [1.807, 2.05) is 6.92 Å². The Balaban J connectivity index is 2.14. The molecule has 2 rings (SSSR count). The van der Waals surface area contributed by atoms with Crippen molar-refractivity contribution in [1.82, 2.24) is 10.3 Å². The Hall–Kier alpha value is -2.39. The van der Waals surface area contributed by atoms with Crippen LogP contribution in [0.3, 0.4) is 0 Å². The van der Waals surface area contributed by atoms with Crippen molar-refractivity contribution in [3.63, 3.8) is 0 Å². The lowest BCUT2D eigenvalue weighted by molar-refractivity contribution is -0.155. The Morgan fingerprint density at radius 2 is 2.13 bits per heavy atom. The van der Waals surface area contributed by atoms with Gasteiger partial charge in [-0.2, -0.15) is 0 Å². The topological polar surface area (TPSA) is 121 Å². The van der Waals surface area contributed by atoms with Crippen LogP contribution in [-0.4, -0.2) is 46.5 Å². The predicted molar refractivity (Wildman–Crippen MR) is 86.2 cm³/mol. The average Bonchev–Trinajstić information content (AvgIpc) is 2.83. The van der Waals surface area contributed by atoms with E-state index in [0.717, 1.165) is 22.1 Å². The Bertz CT molecular complexity index is 756. The summed E-state index contributed by atoms with van der Waals surface area (Å²) in [5.74, 6) is -0.986. The number of carboxylic acid groups (broad SMARTS) is 1. The lowest BCUT2D eigenvalue weighted by Gasteiger charge is -2.18. The van der Waals surface area contributed by atoms with Crippen molar-refractivity contribution in [2.45, 2.75) is 19.4 Å². The zero-order chi connectivity index (χ0) is 17.2. The van der Waals surface area contributed by atoms with Crippen molar-refractivity contribution >= 4 is 39.2 Å². The highest BCUT2D eigenvalue weighted by molar-refractivity contribution is 7.18. The molecule has 0 saturated heterocycles. The molecule has 4 N–H and O–H groups in total. The van der Waals surface area contributed by atoms with Gasteiger partial charge in [0, 0.05) is 6.07 Å². The third kappa shape index (κ3) is 3.88. The molecule has 2 amide bonds. The molecule has 9 heteroatoms. The lowest BCUT2D eigenvalue weighted by atomic mass is 10.1. The smallest absolute Gasteiger partial charge is 0.337 e. The summed E-state index contributed by atoms with van der Waals surface area (Å²) in [6.07, 6.45) is 0. The summed E-state index contributed by atoms with van der Waals surface area (Å²) < 4.78 is 6.11. The molecule has 1 heterocycles. The van der Waals surface area contributed by atoms with Crippen molar-refractivity contribution in [2.24, 2.45) is 0 Å². The number of nitrogens with one attached hydrogen (secondary N) is 2. The number of carbonyl (C=O) groups excluding carboxylic acids is 1. The number of aromatic nitrogens is 1. The van der Waals surface area contributed by atoms with Crippen LogP contribution in [0.5, 0.6) is 5.75 Å². The molecule has 1 atom stereocenters. The predicted octanol–water partition coefficient (Wildman–Crippen LogP) is 1.57. The fourth-order valence-electron chi connectivity index (χ4n) is 1.83. The van der Waals surface area contributed by atoms with Crippen LogP contribution in [0.4, 0.5) is 10.5 Å². The standard InChI is InChI=1S/C14H17N3O5S/c1-7-16-9-4-10(22-3)8(5-11(9)23-7)17-13(20)15-6-14(2,21)12(18)19/h4-5,21H,6H2,1-3H3,(H,18,19)(H2,15,17,20). The molecular formula is C14H17N3O5S. The molecule has 2 aromatic rings. The number of benzene rings is 1. The molecule has 0 radical (unpaired) electrons. The fraction of sp³-hybridized carbons (Fsp3) is 0.357. The van der Waals surface area contributed by atoms with Crippen LogP contribution >= 0.6 is 11.3 Å². The molecule has 1 unspecified atom stereocenters. The Morgan fingerprint density at radius 1 is 1.43 bits per heavy atom. The maximum atomic E-state index is 11.9. The summed E-state index contributed by atoms with van der Waals surface area (Å²) in [5.41, 5.74) is -0.847. The third-order valence-electron chi connectivity index (χ3n) is 3.12. The van der Waals surface area contributed by atoms with Crippen LogP contribution in [0.15, 0.2) is 12.1 Å². The number of aliphatic carboxylic acids is 1. The maximum absolute atomic E-state index is 11.9. The van der Waals surface area contributed by atoms with E-state index in [0.29, 0.717) is 11.4 Å². The second-order valence-corrected chi connectivity index (χ2v) is 6.37. The molecule has 0 fully saturated rings. The number of amides is 2. The van der Waals surface area contributed by atoms with Crippen LogP contribution in [-0.2, 0) is 4.79 Å². The van der Waals surface area contributed by atoms with Crippen LogP contribution in [0.1, 0.15) is 11.9 Å². The number of ether oxygens (including phenoxy) is 1. The summed E-state index contributed by atoms with van der Waals surface area (Å²) in [5, 5.41) is 24.2. The molecule has 23 heavy (non-hydrogen) atoms. The van der Waals surface area contributed by atoms with E-state index >= 15 is 0 Å². The van der Waals surface area contributed by atoms with E-state index in [-0.39, 0.29) is 0 Å². The summed E-state index contributed by atoms with van der Waals surface area (Å²) in [6, 6.07) is 2.79. The van der Waals surface area contributed by atoms with Crippen LogP contribution in [0.25, 0.3) is 10.2 Å². The number of urea groups is 1. The number of methoxy groups -OCH3 is 1. The first-order chi connectivity index (χ1) is 10.7. The highest BCUT2D eigenvalue weighted by atomic mass is 32.1. The minimum Gasteiger partial charge on any atom is -0.494 e. The van der Waals surface area contributed by atoms with Gasteiger partial charge in [0.2, 0.25) is 0 Å². The SMILES string of the molecule is COc1cc2nc(C)sc2cc1NC(=O)NCC(C)(O)C(=O)O. The molecule has 8 nitrogen and oxygen atoms in total. The van der Waals surface area contributed by atoms with Gasteiger partial charge in [-0.25, -0.2) is 14.6 Å². The van der Waals surface area contributed by atoms with Gasteiger partial charge in [-0.05, 0) is 19.9 Å². The maximum Gasteiger partial charge on any atom is 0.337 e. The van der Waals surface area contributed by atoms with Crippen molar-refractivity contribution in [2.75, 3.05) is 19.0 Å². The van der Waals surface area contributed by atoms with Gasteiger partial charge in [0.1, 0.15) is 5.75 Å². The van der Waals surface area contributed by atoms with E-state index in [1.165, 1.54) is 18.4 Å². The first-order valence-electron chi connectivity index (χ1n) is 6.69. The highest BCUT2D eigenvalue weighted by Crippen LogP contribution is 2.32.